The van der Waals surface area contributed by atoms with E-state index in [-0.39, 0.29) is 12.0 Å². The number of rotatable bonds is 7. The lowest BCUT2D eigenvalue weighted by Gasteiger charge is -2.43. The summed E-state index contributed by atoms with van der Waals surface area (Å²) in [5.41, 5.74) is 0.0364. The predicted molar refractivity (Wildman–Crippen MR) is 119 cm³/mol. The summed E-state index contributed by atoms with van der Waals surface area (Å²) < 4.78 is 33.0. The van der Waals surface area contributed by atoms with Crippen LogP contribution in [0.15, 0.2) is 24.5 Å². The maximum atomic E-state index is 12.5. The minimum absolute atomic E-state index is 0.0364. The summed E-state index contributed by atoms with van der Waals surface area (Å²) in [6, 6.07) is 0. The van der Waals surface area contributed by atoms with Gasteiger partial charge in [0.25, 0.3) is 0 Å². The Morgan fingerprint density at radius 3 is 2.00 bits per heavy atom. The number of fused-ring (bicyclic) bond motifs is 1. The van der Waals surface area contributed by atoms with E-state index in [0.717, 1.165) is 13.4 Å². The zero-order valence-corrected chi connectivity index (χ0v) is 20.4. The molecule has 0 radical (unpaired) electrons. The SMILES string of the molecule is C=C[C@H]1[C@H](O[C@@H]2O[C@H](CO)[C@@H](O)[C@H](O)[C@H]2O)OC=C(C(=O)OC)[C@H]1CC1O[C@@H]2[C@H](O)[C@@H](O)[C@H](O)[C@@H](O)[C@@H]2O1. The van der Waals surface area contributed by atoms with E-state index in [2.05, 4.69) is 6.58 Å². The first kappa shape index (κ1) is 29.3. The molecule has 1 unspecified atom stereocenters. The van der Waals surface area contributed by atoms with Crippen molar-refractivity contribution in [3.63, 3.8) is 0 Å². The largest absolute Gasteiger partial charge is 0.471 e. The summed E-state index contributed by atoms with van der Waals surface area (Å²) >= 11 is 0. The summed E-state index contributed by atoms with van der Waals surface area (Å²) in [6.07, 6.45) is -16.5. The highest BCUT2D eigenvalue weighted by atomic mass is 16.8. The van der Waals surface area contributed by atoms with Crippen LogP contribution in [0.3, 0.4) is 0 Å². The summed E-state index contributed by atoms with van der Waals surface area (Å²) in [7, 11) is 1.16. The Balaban J connectivity index is 1.54. The molecule has 4 aliphatic rings. The lowest BCUT2D eigenvalue weighted by molar-refractivity contribution is -0.339. The molecule has 1 saturated carbocycles. The fourth-order valence-electron chi connectivity index (χ4n) is 5.23. The van der Waals surface area contributed by atoms with Gasteiger partial charge in [-0.15, -0.1) is 6.58 Å². The Kier molecular flexibility index (Phi) is 9.08. The van der Waals surface area contributed by atoms with Crippen molar-refractivity contribution in [2.75, 3.05) is 13.7 Å². The van der Waals surface area contributed by atoms with Crippen molar-refractivity contribution in [2.24, 2.45) is 11.8 Å². The molecule has 3 heterocycles. The summed E-state index contributed by atoms with van der Waals surface area (Å²) in [5.74, 6) is -2.42. The van der Waals surface area contributed by atoms with E-state index < -0.39 is 104 Å². The van der Waals surface area contributed by atoms with Crippen LogP contribution >= 0.6 is 0 Å². The topological polar surface area (TPSA) is 234 Å². The Labute approximate surface area is 217 Å². The van der Waals surface area contributed by atoms with Crippen LogP contribution in [0, 0.1) is 11.8 Å². The number of esters is 1. The van der Waals surface area contributed by atoms with Crippen molar-refractivity contribution in [3.8, 4) is 0 Å². The monoisotopic (exact) mass is 550 g/mol. The quantitative estimate of drug-likeness (QED) is 0.110. The molecular formula is C23H34O15. The van der Waals surface area contributed by atoms with Gasteiger partial charge >= 0.3 is 5.97 Å². The fourth-order valence-corrected chi connectivity index (χ4v) is 5.23. The second-order valence-corrected chi connectivity index (χ2v) is 9.65. The maximum absolute atomic E-state index is 12.5. The van der Waals surface area contributed by atoms with Gasteiger partial charge in [-0.05, 0) is 0 Å². The molecule has 1 aliphatic carbocycles. The zero-order valence-electron chi connectivity index (χ0n) is 20.4. The molecule has 0 aromatic heterocycles. The number of hydrogen-bond acceptors (Lipinski definition) is 15. The predicted octanol–water partition coefficient (Wildman–Crippen LogP) is -4.41. The van der Waals surface area contributed by atoms with Crippen LogP contribution in [0.4, 0.5) is 0 Å². The molecule has 0 bridgehead atoms. The molecule has 0 aromatic carbocycles. The number of ether oxygens (including phenoxy) is 6. The Morgan fingerprint density at radius 1 is 0.895 bits per heavy atom. The lowest BCUT2D eigenvalue weighted by atomic mass is 9.81. The molecule has 2 saturated heterocycles. The first-order valence-corrected chi connectivity index (χ1v) is 12.1. The van der Waals surface area contributed by atoms with E-state index >= 15 is 0 Å². The molecule has 0 spiro atoms. The number of carbonyl (C=O) groups excluding carboxylic acids is 1. The van der Waals surface area contributed by atoms with Crippen LogP contribution in [0.2, 0.25) is 0 Å². The van der Waals surface area contributed by atoms with Gasteiger partial charge in [-0.1, -0.05) is 6.08 Å². The average molecular weight is 551 g/mol. The molecule has 0 aromatic rings. The van der Waals surface area contributed by atoms with Crippen LogP contribution in [-0.4, -0.2) is 140 Å². The molecule has 0 amide bonds. The normalized spacial score (nSPS) is 49.0. The molecule has 3 aliphatic heterocycles. The molecule has 3 fully saturated rings. The van der Waals surface area contributed by atoms with Gasteiger partial charge in [-0.3, -0.25) is 0 Å². The van der Waals surface area contributed by atoms with Gasteiger partial charge in [0.2, 0.25) is 6.29 Å². The third-order valence-electron chi connectivity index (χ3n) is 7.43. The van der Waals surface area contributed by atoms with E-state index in [1.807, 2.05) is 0 Å². The summed E-state index contributed by atoms with van der Waals surface area (Å²) in [6.45, 7) is 3.10. The minimum atomic E-state index is -1.71. The Bertz CT molecular complexity index is 859. The highest BCUT2D eigenvalue weighted by Crippen LogP contribution is 2.41. The van der Waals surface area contributed by atoms with Crippen molar-refractivity contribution in [3.05, 3.63) is 24.5 Å². The molecule has 15 nitrogen and oxygen atoms in total. The highest BCUT2D eigenvalue weighted by Gasteiger charge is 2.56. The van der Waals surface area contributed by atoms with Gasteiger partial charge in [0, 0.05) is 18.3 Å². The molecule has 15 heteroatoms. The van der Waals surface area contributed by atoms with Gasteiger partial charge in [-0.2, -0.15) is 0 Å². The molecular weight excluding hydrogens is 516 g/mol. The van der Waals surface area contributed by atoms with Gasteiger partial charge < -0.3 is 69.3 Å². The van der Waals surface area contributed by atoms with Crippen LogP contribution in [-0.2, 0) is 33.2 Å². The number of methoxy groups -OCH3 is 1. The van der Waals surface area contributed by atoms with Gasteiger partial charge in [0.1, 0.15) is 61.0 Å². The van der Waals surface area contributed by atoms with E-state index in [4.69, 9.17) is 28.4 Å². The Hall–Kier alpha value is -1.73. The highest BCUT2D eigenvalue weighted by molar-refractivity contribution is 5.89. The molecule has 4 rings (SSSR count). The molecule has 8 N–H and O–H groups in total. The van der Waals surface area contributed by atoms with Crippen molar-refractivity contribution in [1.82, 2.24) is 0 Å². The molecule has 216 valence electrons. The zero-order chi connectivity index (χ0) is 27.9. The second kappa shape index (κ2) is 11.8. The third-order valence-corrected chi connectivity index (χ3v) is 7.43. The average Bonchev–Trinajstić information content (AvgIpc) is 3.34. The van der Waals surface area contributed by atoms with Crippen LogP contribution in [0.25, 0.3) is 0 Å². The number of aliphatic hydroxyl groups excluding tert-OH is 8. The van der Waals surface area contributed by atoms with E-state index in [0.29, 0.717) is 0 Å². The van der Waals surface area contributed by atoms with Gasteiger partial charge in [0.05, 0.1) is 25.6 Å². The first-order chi connectivity index (χ1) is 18.0. The smallest absolute Gasteiger partial charge is 0.337 e. The minimum Gasteiger partial charge on any atom is -0.471 e. The van der Waals surface area contributed by atoms with Crippen molar-refractivity contribution >= 4 is 5.97 Å². The van der Waals surface area contributed by atoms with Crippen LogP contribution in [0.5, 0.6) is 0 Å². The summed E-state index contributed by atoms with van der Waals surface area (Å²) in [5, 5.41) is 80.5. The van der Waals surface area contributed by atoms with Crippen LogP contribution < -0.4 is 0 Å². The van der Waals surface area contributed by atoms with Crippen molar-refractivity contribution in [1.29, 1.82) is 0 Å². The molecule has 38 heavy (non-hydrogen) atoms. The Morgan fingerprint density at radius 2 is 1.47 bits per heavy atom. The molecule has 15 atom stereocenters. The lowest BCUT2D eigenvalue weighted by Crippen LogP contribution is -2.62. The fraction of sp³-hybridized carbons (Fsp3) is 0.783. The van der Waals surface area contributed by atoms with Crippen molar-refractivity contribution < 1.29 is 74.1 Å². The van der Waals surface area contributed by atoms with Crippen LogP contribution in [0.1, 0.15) is 6.42 Å². The maximum Gasteiger partial charge on any atom is 0.337 e. The number of aliphatic hydroxyl groups is 8. The van der Waals surface area contributed by atoms with Gasteiger partial charge in [0.15, 0.2) is 12.6 Å². The van der Waals surface area contributed by atoms with Gasteiger partial charge in [-0.25, -0.2) is 4.79 Å². The van der Waals surface area contributed by atoms with E-state index in [1.165, 1.54) is 6.08 Å². The first-order valence-electron chi connectivity index (χ1n) is 12.1. The number of hydrogen-bond donors (Lipinski definition) is 8. The number of carbonyl (C=O) groups is 1. The second-order valence-electron chi connectivity index (χ2n) is 9.65. The standard InChI is InChI=1S/C23H34O15/c1-3-7-8(4-11-36-19-16(29)14(27)15(28)17(30)20(19)37-11)9(21(32)33-2)6-34-22(7)38-23-18(31)13(26)12(25)10(5-24)35-23/h3,6-8,10-20,22-31H,1,4-5H2,2H3/t7-,8+,10-,11?,12-,13+,14+,15+,16-,17-,18-,19-,20+,22+,23+/m1/s1. The summed E-state index contributed by atoms with van der Waals surface area (Å²) in [4.78, 5) is 12.5. The van der Waals surface area contributed by atoms with E-state index in [1.54, 1.807) is 0 Å². The van der Waals surface area contributed by atoms with Crippen molar-refractivity contribution in [2.45, 2.75) is 86.3 Å². The third kappa shape index (κ3) is 5.22. The van der Waals surface area contributed by atoms with E-state index in [9.17, 15) is 45.6 Å².